The third kappa shape index (κ3) is 0.521. The summed E-state index contributed by atoms with van der Waals surface area (Å²) in [6.07, 6.45) is 2.85. The molecule has 0 aromatic rings. The maximum Gasteiger partial charge on any atom is -0.0103 e. The van der Waals surface area contributed by atoms with Crippen LogP contribution in [0.25, 0.3) is 0 Å². The Morgan fingerprint density at radius 1 is 1.50 bits per heavy atom. The quantitative estimate of drug-likeness (QED) is 0.452. The molecular formula is C8H12. The molecule has 0 nitrogen and oxygen atoms in total. The van der Waals surface area contributed by atoms with Gasteiger partial charge in [0.1, 0.15) is 0 Å². The largest absolute Gasteiger partial charge is 0.0694 e. The van der Waals surface area contributed by atoms with E-state index in [0.717, 1.165) is 11.8 Å². The second kappa shape index (κ2) is 1.18. The summed E-state index contributed by atoms with van der Waals surface area (Å²) in [5.41, 5.74) is 3.47. The lowest BCUT2D eigenvalue weighted by atomic mass is 10.3. The molecule has 1 saturated carbocycles. The van der Waals surface area contributed by atoms with Crippen molar-refractivity contribution in [2.45, 2.75) is 26.7 Å². The molecule has 0 N–H and O–H groups in total. The van der Waals surface area contributed by atoms with Crippen LogP contribution < -0.4 is 0 Å². The Kier molecular flexibility index (Phi) is 0.677. The lowest BCUT2D eigenvalue weighted by Crippen LogP contribution is -1.69. The van der Waals surface area contributed by atoms with Crippen molar-refractivity contribution < 1.29 is 0 Å². The Hall–Kier alpha value is -0.260. The van der Waals surface area contributed by atoms with Crippen LogP contribution in [-0.2, 0) is 0 Å². The van der Waals surface area contributed by atoms with Crippen molar-refractivity contribution in [1.82, 2.24) is 0 Å². The maximum absolute atomic E-state index is 2.35. The molecule has 0 amide bonds. The van der Waals surface area contributed by atoms with Gasteiger partial charge < -0.3 is 0 Å². The third-order valence-electron chi connectivity index (χ3n) is 2.44. The SMILES string of the molecule is CC1=C(C2CC2C)C1. The minimum absolute atomic E-state index is 1.03. The highest BCUT2D eigenvalue weighted by molar-refractivity contribution is 5.38. The van der Waals surface area contributed by atoms with Crippen LogP contribution in [0.4, 0.5) is 0 Å². The van der Waals surface area contributed by atoms with Gasteiger partial charge in [0.2, 0.25) is 0 Å². The molecule has 0 heteroatoms. The van der Waals surface area contributed by atoms with Gasteiger partial charge >= 0.3 is 0 Å². The topological polar surface area (TPSA) is 0 Å². The van der Waals surface area contributed by atoms with Crippen LogP contribution >= 0.6 is 0 Å². The minimum Gasteiger partial charge on any atom is -0.0694 e. The molecular weight excluding hydrogens is 96.1 g/mol. The fourth-order valence-electron chi connectivity index (χ4n) is 1.50. The highest BCUT2D eigenvalue weighted by atomic mass is 14.5. The third-order valence-corrected chi connectivity index (χ3v) is 2.44. The van der Waals surface area contributed by atoms with E-state index in [2.05, 4.69) is 13.8 Å². The summed E-state index contributed by atoms with van der Waals surface area (Å²) >= 11 is 0. The zero-order valence-corrected chi connectivity index (χ0v) is 5.57. The standard InChI is InChI=1S/C8H12/c1-5-3-7(5)8-4-6(8)2/h5,7H,3-4H2,1-2H3. The second-order valence-electron chi connectivity index (χ2n) is 3.30. The van der Waals surface area contributed by atoms with E-state index in [0.29, 0.717) is 0 Å². The Morgan fingerprint density at radius 3 is 2.12 bits per heavy atom. The normalized spacial score (nSPS) is 42.8. The fraction of sp³-hybridized carbons (Fsp3) is 0.750. The van der Waals surface area contributed by atoms with Crippen molar-refractivity contribution >= 4 is 0 Å². The molecule has 2 aliphatic rings. The van der Waals surface area contributed by atoms with Gasteiger partial charge in [-0.25, -0.2) is 0 Å². The molecule has 2 atom stereocenters. The van der Waals surface area contributed by atoms with Gasteiger partial charge in [-0.1, -0.05) is 18.1 Å². The lowest BCUT2D eigenvalue weighted by Gasteiger charge is -1.79. The van der Waals surface area contributed by atoms with Crippen molar-refractivity contribution in [3.63, 3.8) is 0 Å². The Bertz CT molecular complexity index is 153. The first kappa shape index (κ1) is 4.60. The first-order valence-electron chi connectivity index (χ1n) is 3.47. The van der Waals surface area contributed by atoms with Crippen molar-refractivity contribution in [3.05, 3.63) is 11.1 Å². The van der Waals surface area contributed by atoms with E-state index < -0.39 is 0 Å². The summed E-state index contributed by atoms with van der Waals surface area (Å²) in [5, 5.41) is 0. The average molecular weight is 108 g/mol. The van der Waals surface area contributed by atoms with Crippen LogP contribution in [0.3, 0.4) is 0 Å². The van der Waals surface area contributed by atoms with Crippen molar-refractivity contribution in [1.29, 1.82) is 0 Å². The molecule has 0 aliphatic heterocycles. The van der Waals surface area contributed by atoms with Gasteiger partial charge in [-0.3, -0.25) is 0 Å². The molecule has 2 unspecified atom stereocenters. The molecule has 0 aromatic heterocycles. The molecule has 0 heterocycles. The number of hydrogen-bond acceptors (Lipinski definition) is 0. The lowest BCUT2D eigenvalue weighted by molar-refractivity contribution is 0.875. The molecule has 0 saturated heterocycles. The summed E-state index contributed by atoms with van der Waals surface area (Å²) in [7, 11) is 0. The zero-order valence-electron chi connectivity index (χ0n) is 5.57. The van der Waals surface area contributed by atoms with Gasteiger partial charge in [-0.2, -0.15) is 0 Å². The smallest absolute Gasteiger partial charge is 0.0103 e. The van der Waals surface area contributed by atoms with Crippen LogP contribution in [0.15, 0.2) is 11.1 Å². The molecule has 0 radical (unpaired) electrons. The molecule has 2 rings (SSSR count). The maximum atomic E-state index is 2.35. The van der Waals surface area contributed by atoms with Gasteiger partial charge in [0.15, 0.2) is 0 Å². The second-order valence-corrected chi connectivity index (χ2v) is 3.30. The van der Waals surface area contributed by atoms with Crippen molar-refractivity contribution in [3.8, 4) is 0 Å². The number of allylic oxidation sites excluding steroid dienone is 2. The van der Waals surface area contributed by atoms with Gasteiger partial charge in [-0.15, -0.1) is 0 Å². The van der Waals surface area contributed by atoms with Crippen molar-refractivity contribution in [2.24, 2.45) is 11.8 Å². The Labute approximate surface area is 50.6 Å². The molecule has 0 spiro atoms. The summed E-state index contributed by atoms with van der Waals surface area (Å²) in [6, 6.07) is 0. The van der Waals surface area contributed by atoms with E-state index in [-0.39, 0.29) is 0 Å². The highest BCUT2D eigenvalue weighted by Crippen LogP contribution is 2.53. The molecule has 0 bridgehead atoms. The summed E-state index contributed by atoms with van der Waals surface area (Å²) < 4.78 is 0. The first-order chi connectivity index (χ1) is 3.79. The minimum atomic E-state index is 1.03. The van der Waals surface area contributed by atoms with Crippen LogP contribution in [0.1, 0.15) is 26.7 Å². The van der Waals surface area contributed by atoms with Gasteiger partial charge in [-0.05, 0) is 31.6 Å². The van der Waals surface area contributed by atoms with Gasteiger partial charge in [0.25, 0.3) is 0 Å². The predicted octanol–water partition coefficient (Wildman–Crippen LogP) is 2.36. The van der Waals surface area contributed by atoms with E-state index in [1.165, 1.54) is 12.8 Å². The van der Waals surface area contributed by atoms with Crippen LogP contribution in [-0.4, -0.2) is 0 Å². The van der Waals surface area contributed by atoms with Gasteiger partial charge in [0.05, 0.1) is 0 Å². The Morgan fingerprint density at radius 2 is 2.00 bits per heavy atom. The van der Waals surface area contributed by atoms with E-state index in [4.69, 9.17) is 0 Å². The summed E-state index contributed by atoms with van der Waals surface area (Å²) in [6.45, 7) is 4.61. The monoisotopic (exact) mass is 108 g/mol. The fourth-order valence-corrected chi connectivity index (χ4v) is 1.50. The molecule has 8 heavy (non-hydrogen) atoms. The first-order valence-corrected chi connectivity index (χ1v) is 3.47. The number of rotatable bonds is 1. The van der Waals surface area contributed by atoms with Crippen LogP contribution in [0, 0.1) is 11.8 Å². The average Bonchev–Trinajstić information content (AvgIpc) is 2.47. The predicted molar refractivity (Wildman–Crippen MR) is 34.6 cm³/mol. The van der Waals surface area contributed by atoms with E-state index in [1.807, 2.05) is 0 Å². The van der Waals surface area contributed by atoms with Gasteiger partial charge in [0, 0.05) is 0 Å². The highest BCUT2D eigenvalue weighted by Gasteiger charge is 2.40. The van der Waals surface area contributed by atoms with E-state index >= 15 is 0 Å². The summed E-state index contributed by atoms with van der Waals surface area (Å²) in [5.74, 6) is 2.07. The molecule has 1 fully saturated rings. The Balaban J connectivity index is 2.03. The van der Waals surface area contributed by atoms with Crippen molar-refractivity contribution in [2.75, 3.05) is 0 Å². The zero-order chi connectivity index (χ0) is 5.72. The molecule has 0 aromatic carbocycles. The molecule has 44 valence electrons. The van der Waals surface area contributed by atoms with Crippen LogP contribution in [0.2, 0.25) is 0 Å². The number of hydrogen-bond donors (Lipinski definition) is 0. The van der Waals surface area contributed by atoms with Crippen LogP contribution in [0.5, 0.6) is 0 Å². The summed E-state index contributed by atoms with van der Waals surface area (Å²) in [4.78, 5) is 0. The molecule has 2 aliphatic carbocycles. The van der Waals surface area contributed by atoms with E-state index in [1.54, 1.807) is 11.1 Å². The van der Waals surface area contributed by atoms with E-state index in [9.17, 15) is 0 Å².